The molecular formula is C23H26N4O. The summed E-state index contributed by atoms with van der Waals surface area (Å²) in [6, 6.07) is 16.5. The Morgan fingerprint density at radius 2 is 1.93 bits per heavy atom. The van der Waals surface area contributed by atoms with Gasteiger partial charge in [0.1, 0.15) is 5.69 Å². The van der Waals surface area contributed by atoms with Gasteiger partial charge in [-0.2, -0.15) is 5.10 Å². The van der Waals surface area contributed by atoms with Crippen LogP contribution in [0.3, 0.4) is 0 Å². The number of aromatic nitrogens is 3. The number of H-pyrrole nitrogens is 1. The van der Waals surface area contributed by atoms with Gasteiger partial charge in [0.15, 0.2) is 0 Å². The van der Waals surface area contributed by atoms with Crippen LogP contribution in [0.4, 0.5) is 0 Å². The van der Waals surface area contributed by atoms with Crippen molar-refractivity contribution in [2.75, 3.05) is 13.1 Å². The minimum atomic E-state index is 0.0258. The van der Waals surface area contributed by atoms with Crippen LogP contribution in [-0.4, -0.2) is 39.1 Å². The number of benzene rings is 1. The van der Waals surface area contributed by atoms with Gasteiger partial charge in [0.05, 0.1) is 5.69 Å². The molecule has 3 heterocycles. The Morgan fingerprint density at radius 3 is 2.64 bits per heavy atom. The van der Waals surface area contributed by atoms with Gasteiger partial charge in [-0.1, -0.05) is 44.2 Å². The topological polar surface area (TPSA) is 61.9 Å². The second-order valence-corrected chi connectivity index (χ2v) is 7.89. The van der Waals surface area contributed by atoms with Gasteiger partial charge in [-0.25, -0.2) is 0 Å². The summed E-state index contributed by atoms with van der Waals surface area (Å²) >= 11 is 0. The van der Waals surface area contributed by atoms with Gasteiger partial charge in [0, 0.05) is 30.4 Å². The second kappa shape index (κ2) is 7.58. The number of nitrogens with one attached hydrogen (secondary N) is 1. The fourth-order valence-electron chi connectivity index (χ4n) is 3.80. The van der Waals surface area contributed by atoms with E-state index in [0.29, 0.717) is 18.2 Å². The fourth-order valence-corrected chi connectivity index (χ4v) is 3.80. The number of hydrogen-bond acceptors (Lipinski definition) is 3. The first kappa shape index (κ1) is 18.4. The van der Waals surface area contributed by atoms with Crippen LogP contribution in [0, 0.1) is 6.92 Å². The van der Waals surface area contributed by atoms with E-state index >= 15 is 0 Å². The van der Waals surface area contributed by atoms with Crippen LogP contribution in [0.25, 0.3) is 11.1 Å². The first-order chi connectivity index (χ1) is 13.5. The summed E-state index contributed by atoms with van der Waals surface area (Å²) in [5, 5.41) is 7.16. The van der Waals surface area contributed by atoms with Crippen molar-refractivity contribution < 1.29 is 4.79 Å². The molecule has 1 aliphatic heterocycles. The SMILES string of the molecule is Cc1cc(-c2ccccc2)cc(C2CCN(C(=O)c3cc(C(C)C)n[nH]3)C2)n1. The van der Waals surface area contributed by atoms with Crippen molar-refractivity contribution >= 4 is 5.91 Å². The highest BCUT2D eigenvalue weighted by molar-refractivity contribution is 5.92. The summed E-state index contributed by atoms with van der Waals surface area (Å²) in [5.41, 5.74) is 5.96. The first-order valence-electron chi connectivity index (χ1n) is 9.90. The lowest BCUT2D eigenvalue weighted by atomic mass is 9.98. The Labute approximate surface area is 165 Å². The molecule has 0 aliphatic carbocycles. The van der Waals surface area contributed by atoms with Gasteiger partial charge < -0.3 is 4.90 Å². The third kappa shape index (κ3) is 3.70. The van der Waals surface area contributed by atoms with Crippen LogP contribution in [-0.2, 0) is 0 Å². The molecule has 1 unspecified atom stereocenters. The zero-order valence-corrected chi connectivity index (χ0v) is 16.6. The minimum absolute atomic E-state index is 0.0258. The molecule has 1 amide bonds. The maximum Gasteiger partial charge on any atom is 0.271 e. The number of pyridine rings is 1. The highest BCUT2D eigenvalue weighted by Crippen LogP contribution is 2.30. The molecule has 1 aromatic carbocycles. The highest BCUT2D eigenvalue weighted by atomic mass is 16.2. The molecule has 0 radical (unpaired) electrons. The Morgan fingerprint density at radius 1 is 1.14 bits per heavy atom. The van der Waals surface area contributed by atoms with Crippen molar-refractivity contribution in [2.24, 2.45) is 0 Å². The molecule has 1 aliphatic rings. The van der Waals surface area contributed by atoms with E-state index in [9.17, 15) is 4.79 Å². The summed E-state index contributed by atoms with van der Waals surface area (Å²) in [4.78, 5) is 19.5. The molecule has 1 N–H and O–H groups in total. The molecule has 0 spiro atoms. The quantitative estimate of drug-likeness (QED) is 0.730. The smallest absolute Gasteiger partial charge is 0.271 e. The number of rotatable bonds is 4. The van der Waals surface area contributed by atoms with Gasteiger partial charge >= 0.3 is 0 Å². The predicted octanol–water partition coefficient (Wildman–Crippen LogP) is 4.53. The third-order valence-electron chi connectivity index (χ3n) is 5.39. The Balaban J connectivity index is 1.52. The predicted molar refractivity (Wildman–Crippen MR) is 110 cm³/mol. The molecule has 5 heteroatoms. The zero-order valence-electron chi connectivity index (χ0n) is 16.6. The lowest BCUT2D eigenvalue weighted by Gasteiger charge is -2.16. The van der Waals surface area contributed by atoms with Crippen molar-refractivity contribution in [3.63, 3.8) is 0 Å². The monoisotopic (exact) mass is 374 g/mol. The third-order valence-corrected chi connectivity index (χ3v) is 5.39. The van der Waals surface area contributed by atoms with E-state index < -0.39 is 0 Å². The molecule has 1 fully saturated rings. The standard InChI is InChI=1S/C23H26N4O/c1-15(2)20-13-22(26-25-20)23(28)27-10-9-18(14-27)21-12-19(11-16(3)24-21)17-7-5-4-6-8-17/h4-8,11-13,15,18H,9-10,14H2,1-3H3,(H,25,26). The van der Waals surface area contributed by atoms with E-state index in [2.05, 4.69) is 60.4 Å². The Hall–Kier alpha value is -2.95. The molecule has 2 aromatic heterocycles. The number of carbonyl (C=O) groups excluding carboxylic acids is 1. The molecule has 1 atom stereocenters. The molecule has 1 saturated heterocycles. The van der Waals surface area contributed by atoms with Gasteiger partial charge in [0.2, 0.25) is 0 Å². The van der Waals surface area contributed by atoms with Crippen molar-refractivity contribution in [1.82, 2.24) is 20.1 Å². The lowest BCUT2D eigenvalue weighted by molar-refractivity contribution is 0.0785. The second-order valence-electron chi connectivity index (χ2n) is 7.89. The summed E-state index contributed by atoms with van der Waals surface area (Å²) in [7, 11) is 0. The maximum absolute atomic E-state index is 12.8. The average Bonchev–Trinajstić information content (AvgIpc) is 3.38. The molecule has 144 valence electrons. The zero-order chi connectivity index (χ0) is 19.7. The molecule has 0 bridgehead atoms. The largest absolute Gasteiger partial charge is 0.337 e. The number of amides is 1. The average molecular weight is 374 g/mol. The molecule has 5 nitrogen and oxygen atoms in total. The molecule has 4 rings (SSSR count). The summed E-state index contributed by atoms with van der Waals surface area (Å²) < 4.78 is 0. The number of aryl methyl sites for hydroxylation is 1. The Kier molecular flexibility index (Phi) is 4.99. The van der Waals surface area contributed by atoms with Crippen LogP contribution in [0.2, 0.25) is 0 Å². The molecule has 28 heavy (non-hydrogen) atoms. The van der Waals surface area contributed by atoms with Crippen molar-refractivity contribution in [3.8, 4) is 11.1 Å². The highest BCUT2D eigenvalue weighted by Gasteiger charge is 2.30. The number of aromatic amines is 1. The van der Waals surface area contributed by atoms with Gasteiger partial charge in [0.25, 0.3) is 5.91 Å². The number of likely N-dealkylation sites (tertiary alicyclic amines) is 1. The van der Waals surface area contributed by atoms with Gasteiger partial charge in [-0.3, -0.25) is 14.9 Å². The van der Waals surface area contributed by atoms with Crippen molar-refractivity contribution in [2.45, 2.75) is 39.0 Å². The minimum Gasteiger partial charge on any atom is -0.337 e. The van der Waals surface area contributed by atoms with Crippen LogP contribution >= 0.6 is 0 Å². The fraction of sp³-hybridized carbons (Fsp3) is 0.348. The lowest BCUT2D eigenvalue weighted by Crippen LogP contribution is -2.28. The Bertz CT molecular complexity index is 977. The van der Waals surface area contributed by atoms with Crippen molar-refractivity contribution in [3.05, 3.63) is 71.3 Å². The number of hydrogen-bond donors (Lipinski definition) is 1. The van der Waals surface area contributed by atoms with Crippen molar-refractivity contribution in [1.29, 1.82) is 0 Å². The van der Waals surface area contributed by atoms with Crippen LogP contribution in [0.1, 0.15) is 59.7 Å². The summed E-state index contributed by atoms with van der Waals surface area (Å²) in [5.74, 6) is 0.591. The maximum atomic E-state index is 12.8. The van der Waals surface area contributed by atoms with Gasteiger partial charge in [-0.15, -0.1) is 0 Å². The van der Waals surface area contributed by atoms with E-state index in [4.69, 9.17) is 4.98 Å². The van der Waals surface area contributed by atoms with E-state index in [1.165, 1.54) is 11.1 Å². The van der Waals surface area contributed by atoms with Crippen LogP contribution in [0.15, 0.2) is 48.5 Å². The number of nitrogens with zero attached hydrogens (tertiary/aromatic N) is 3. The summed E-state index contributed by atoms with van der Waals surface area (Å²) in [6.07, 6.45) is 0.932. The van der Waals surface area contributed by atoms with E-state index in [0.717, 1.165) is 30.0 Å². The van der Waals surface area contributed by atoms with Crippen LogP contribution < -0.4 is 0 Å². The molecule has 0 saturated carbocycles. The van der Waals surface area contributed by atoms with E-state index in [1.54, 1.807) is 0 Å². The molecular weight excluding hydrogens is 348 g/mol. The van der Waals surface area contributed by atoms with Crippen LogP contribution in [0.5, 0.6) is 0 Å². The first-order valence-corrected chi connectivity index (χ1v) is 9.90. The van der Waals surface area contributed by atoms with E-state index in [-0.39, 0.29) is 11.8 Å². The number of carbonyl (C=O) groups is 1. The summed E-state index contributed by atoms with van der Waals surface area (Å²) in [6.45, 7) is 7.62. The normalized spacial score (nSPS) is 16.7. The van der Waals surface area contributed by atoms with Gasteiger partial charge in [-0.05, 0) is 48.6 Å². The molecule has 3 aromatic rings. The van der Waals surface area contributed by atoms with E-state index in [1.807, 2.05) is 24.0 Å².